The van der Waals surface area contributed by atoms with Crippen molar-refractivity contribution in [2.75, 3.05) is 4.90 Å². The van der Waals surface area contributed by atoms with E-state index in [0.717, 1.165) is 22.2 Å². The zero-order valence-corrected chi connectivity index (χ0v) is 11.4. The maximum Gasteiger partial charge on any atom is 0.259 e. The van der Waals surface area contributed by atoms with Crippen LogP contribution in [0.5, 0.6) is 0 Å². The summed E-state index contributed by atoms with van der Waals surface area (Å²) in [5, 5.41) is 4.73. The van der Waals surface area contributed by atoms with Crippen LogP contribution >= 0.6 is 0 Å². The van der Waals surface area contributed by atoms with Gasteiger partial charge < -0.3 is 5.32 Å². The minimum atomic E-state index is -0.457. The van der Waals surface area contributed by atoms with Gasteiger partial charge in [-0.3, -0.25) is 14.5 Å². The van der Waals surface area contributed by atoms with Crippen LogP contribution in [0.4, 0.5) is 5.69 Å². The Morgan fingerprint density at radius 3 is 2.67 bits per heavy atom. The van der Waals surface area contributed by atoms with Gasteiger partial charge in [-0.1, -0.05) is 30.8 Å². The van der Waals surface area contributed by atoms with Crippen LogP contribution < -0.4 is 10.2 Å². The number of hydrogen-bond donors (Lipinski definition) is 1. The summed E-state index contributed by atoms with van der Waals surface area (Å²) in [5.74, 6) is -0.237. The van der Waals surface area contributed by atoms with Crippen molar-refractivity contribution in [3.05, 3.63) is 54.2 Å². The lowest BCUT2D eigenvalue weighted by atomic mass is 10.0. The normalized spacial score (nSPS) is 21.0. The molecule has 1 fully saturated rings. The molecule has 2 aromatic rings. The third-order valence-corrected chi connectivity index (χ3v) is 4.23. The van der Waals surface area contributed by atoms with Crippen LogP contribution in [0.25, 0.3) is 10.8 Å². The van der Waals surface area contributed by atoms with Crippen molar-refractivity contribution in [3.63, 3.8) is 0 Å². The molecule has 0 bridgehead atoms. The highest BCUT2D eigenvalue weighted by Crippen LogP contribution is 2.39. The van der Waals surface area contributed by atoms with Crippen molar-refractivity contribution in [1.82, 2.24) is 5.32 Å². The summed E-state index contributed by atoms with van der Waals surface area (Å²) in [6, 6.07) is 11.1. The average molecular weight is 278 g/mol. The SMILES string of the molecule is C=C1CCC(N2C(=O)c3cccc4cccc2c34)C(=O)N1. The maximum absolute atomic E-state index is 12.7. The summed E-state index contributed by atoms with van der Waals surface area (Å²) in [6.07, 6.45) is 1.31. The molecule has 0 radical (unpaired) electrons. The largest absolute Gasteiger partial charge is 0.329 e. The Morgan fingerprint density at radius 2 is 1.90 bits per heavy atom. The van der Waals surface area contributed by atoms with Crippen molar-refractivity contribution in [1.29, 1.82) is 0 Å². The van der Waals surface area contributed by atoms with E-state index in [1.807, 2.05) is 36.4 Å². The Labute approximate surface area is 122 Å². The molecule has 2 aliphatic heterocycles. The Hall–Kier alpha value is -2.62. The molecule has 4 heteroatoms. The van der Waals surface area contributed by atoms with E-state index >= 15 is 0 Å². The van der Waals surface area contributed by atoms with Crippen LogP contribution in [0.15, 0.2) is 48.7 Å². The van der Waals surface area contributed by atoms with E-state index in [1.54, 1.807) is 4.90 Å². The fourth-order valence-electron chi connectivity index (χ4n) is 3.26. The van der Waals surface area contributed by atoms with E-state index in [1.165, 1.54) is 0 Å². The van der Waals surface area contributed by atoms with Gasteiger partial charge in [-0.25, -0.2) is 0 Å². The summed E-state index contributed by atoms with van der Waals surface area (Å²) >= 11 is 0. The topological polar surface area (TPSA) is 49.4 Å². The highest BCUT2D eigenvalue weighted by atomic mass is 16.2. The zero-order valence-electron chi connectivity index (χ0n) is 11.4. The van der Waals surface area contributed by atoms with Gasteiger partial charge in [0.1, 0.15) is 6.04 Å². The molecule has 2 aliphatic rings. The molecule has 0 saturated carbocycles. The Kier molecular flexibility index (Phi) is 2.42. The summed E-state index contributed by atoms with van der Waals surface area (Å²) in [7, 11) is 0. The molecule has 4 nitrogen and oxygen atoms in total. The predicted molar refractivity (Wildman–Crippen MR) is 81.1 cm³/mol. The highest BCUT2D eigenvalue weighted by Gasteiger charge is 2.39. The van der Waals surface area contributed by atoms with E-state index in [0.29, 0.717) is 18.4 Å². The number of allylic oxidation sites excluding steroid dienone is 1. The molecule has 0 spiro atoms. The molecule has 2 heterocycles. The van der Waals surface area contributed by atoms with Gasteiger partial charge in [-0.15, -0.1) is 0 Å². The number of nitrogens with one attached hydrogen (secondary N) is 1. The van der Waals surface area contributed by atoms with Gasteiger partial charge in [-0.2, -0.15) is 0 Å². The zero-order chi connectivity index (χ0) is 14.6. The average Bonchev–Trinajstić information content (AvgIpc) is 2.75. The molecule has 0 aliphatic carbocycles. The lowest BCUT2D eigenvalue weighted by molar-refractivity contribution is -0.122. The van der Waals surface area contributed by atoms with Crippen LogP contribution in [-0.4, -0.2) is 17.9 Å². The highest BCUT2D eigenvalue weighted by molar-refractivity contribution is 6.26. The lowest BCUT2D eigenvalue weighted by Crippen LogP contribution is -2.51. The third kappa shape index (κ3) is 1.62. The Balaban J connectivity index is 1.86. The summed E-state index contributed by atoms with van der Waals surface area (Å²) in [6.45, 7) is 3.79. The number of carbonyl (C=O) groups is 2. The van der Waals surface area contributed by atoms with Crippen LogP contribution in [0.2, 0.25) is 0 Å². The molecule has 0 aromatic heterocycles. The second kappa shape index (κ2) is 4.19. The molecular weight excluding hydrogens is 264 g/mol. The first kappa shape index (κ1) is 12.1. The number of nitrogens with zero attached hydrogens (tertiary/aromatic N) is 1. The van der Waals surface area contributed by atoms with Crippen molar-refractivity contribution in [3.8, 4) is 0 Å². The fraction of sp³-hybridized carbons (Fsp3) is 0.176. The predicted octanol–water partition coefficient (Wildman–Crippen LogP) is 2.59. The summed E-state index contributed by atoms with van der Waals surface area (Å²) in [4.78, 5) is 26.6. The van der Waals surface area contributed by atoms with Crippen molar-refractivity contribution >= 4 is 28.3 Å². The maximum atomic E-state index is 12.7. The first-order chi connectivity index (χ1) is 10.2. The van der Waals surface area contributed by atoms with Crippen LogP contribution in [0, 0.1) is 0 Å². The smallest absolute Gasteiger partial charge is 0.259 e. The molecule has 2 aromatic carbocycles. The number of carbonyl (C=O) groups excluding carboxylic acids is 2. The summed E-state index contributed by atoms with van der Waals surface area (Å²) < 4.78 is 0. The van der Waals surface area contributed by atoms with Crippen molar-refractivity contribution in [2.45, 2.75) is 18.9 Å². The number of hydrogen-bond acceptors (Lipinski definition) is 2. The fourth-order valence-corrected chi connectivity index (χ4v) is 3.26. The van der Waals surface area contributed by atoms with E-state index in [-0.39, 0.29) is 11.8 Å². The number of benzene rings is 2. The van der Waals surface area contributed by atoms with Crippen LogP contribution in [-0.2, 0) is 4.79 Å². The van der Waals surface area contributed by atoms with Crippen LogP contribution in [0.1, 0.15) is 23.2 Å². The quantitative estimate of drug-likeness (QED) is 0.871. The second-order valence-corrected chi connectivity index (χ2v) is 5.50. The molecule has 1 N–H and O–H groups in total. The number of amides is 2. The van der Waals surface area contributed by atoms with Gasteiger partial charge in [0, 0.05) is 16.6 Å². The van der Waals surface area contributed by atoms with E-state index in [2.05, 4.69) is 11.9 Å². The molecule has 4 rings (SSSR count). The third-order valence-electron chi connectivity index (χ3n) is 4.23. The summed E-state index contributed by atoms with van der Waals surface area (Å²) in [5.41, 5.74) is 2.24. The van der Waals surface area contributed by atoms with Gasteiger partial charge >= 0.3 is 0 Å². The van der Waals surface area contributed by atoms with Crippen molar-refractivity contribution < 1.29 is 9.59 Å². The second-order valence-electron chi connectivity index (χ2n) is 5.50. The van der Waals surface area contributed by atoms with Gasteiger partial charge in [0.2, 0.25) is 5.91 Å². The molecule has 2 amide bonds. The number of rotatable bonds is 1. The Morgan fingerprint density at radius 1 is 1.14 bits per heavy atom. The molecule has 1 unspecified atom stereocenters. The monoisotopic (exact) mass is 278 g/mol. The minimum Gasteiger partial charge on any atom is -0.329 e. The lowest BCUT2D eigenvalue weighted by Gasteiger charge is -2.31. The molecule has 1 atom stereocenters. The molecular formula is C17H14N2O2. The van der Waals surface area contributed by atoms with E-state index < -0.39 is 6.04 Å². The van der Waals surface area contributed by atoms with E-state index in [9.17, 15) is 9.59 Å². The van der Waals surface area contributed by atoms with Gasteiger partial charge in [0.15, 0.2) is 0 Å². The van der Waals surface area contributed by atoms with Crippen molar-refractivity contribution in [2.24, 2.45) is 0 Å². The van der Waals surface area contributed by atoms with Crippen LogP contribution in [0.3, 0.4) is 0 Å². The number of piperidine rings is 1. The molecule has 21 heavy (non-hydrogen) atoms. The first-order valence-corrected chi connectivity index (χ1v) is 7.01. The van der Waals surface area contributed by atoms with Gasteiger partial charge in [0.25, 0.3) is 5.91 Å². The number of anilines is 1. The first-order valence-electron chi connectivity index (χ1n) is 7.01. The molecule has 104 valence electrons. The van der Waals surface area contributed by atoms with Gasteiger partial charge in [-0.05, 0) is 30.4 Å². The Bertz CT molecular complexity index is 804. The standard InChI is InChI=1S/C17H14N2O2/c1-10-8-9-14(16(20)18-10)19-13-7-3-5-11-4-2-6-12(15(11)13)17(19)21/h2-7,14H,1,8-9H2,(H,18,20). The van der Waals surface area contributed by atoms with E-state index in [4.69, 9.17) is 0 Å². The molecule has 1 saturated heterocycles. The minimum absolute atomic E-state index is 0.0885. The van der Waals surface area contributed by atoms with Gasteiger partial charge in [0.05, 0.1) is 5.69 Å².